The number of nitro groups is 1. The molecule has 0 saturated heterocycles. The molecule has 0 spiro atoms. The molecule has 4 aromatic carbocycles. The highest BCUT2D eigenvalue weighted by Crippen LogP contribution is 2.59. The molecule has 0 unspecified atom stereocenters. The van der Waals surface area contributed by atoms with Crippen LogP contribution in [-0.4, -0.2) is 19.0 Å². The van der Waals surface area contributed by atoms with Gasteiger partial charge >= 0.3 is 0 Å². The lowest BCUT2D eigenvalue weighted by atomic mass is 10.1. The molecule has 0 amide bonds. The summed E-state index contributed by atoms with van der Waals surface area (Å²) in [6.45, 7) is 0. The highest BCUT2D eigenvalue weighted by Gasteiger charge is 2.47. The first-order chi connectivity index (χ1) is 15.5. The number of para-hydroxylation sites is 1. The molecule has 0 aliphatic rings. The van der Waals surface area contributed by atoms with Crippen molar-refractivity contribution in [2.45, 2.75) is 6.16 Å². The fraction of sp³-hybridized carbons (Fsp3) is 0.111. The fourth-order valence-electron chi connectivity index (χ4n) is 4.30. The molecular weight excluding hydrogens is 495 g/mol. The van der Waals surface area contributed by atoms with Crippen LogP contribution in [0.15, 0.2) is 109 Å². The minimum absolute atomic E-state index is 0. The fourth-order valence-corrected chi connectivity index (χ4v) is 8.55. The Kier molecular flexibility index (Phi) is 8.01. The average Bonchev–Trinajstić information content (AvgIpc) is 2.84. The Bertz CT molecular complexity index is 1110. The van der Waals surface area contributed by atoms with Gasteiger partial charge in [0.25, 0.3) is 5.69 Å². The Morgan fingerprint density at radius 3 is 1.48 bits per heavy atom. The Balaban J connectivity index is 0.00000306. The molecule has 0 N–H and O–H groups in total. The van der Waals surface area contributed by atoms with Crippen molar-refractivity contribution in [3.8, 4) is 0 Å². The van der Waals surface area contributed by atoms with Gasteiger partial charge in [0.15, 0.2) is 0 Å². The van der Waals surface area contributed by atoms with Crippen molar-refractivity contribution < 1.29 is 21.9 Å². The first-order valence-electron chi connectivity index (χ1n) is 10.5. The summed E-state index contributed by atoms with van der Waals surface area (Å²) >= 11 is 0. The van der Waals surface area contributed by atoms with E-state index in [2.05, 4.69) is 72.8 Å². The molecule has 0 aromatic heterocycles. The lowest BCUT2D eigenvalue weighted by Crippen LogP contribution is -3.00. The molecule has 6 heteroatoms. The lowest BCUT2D eigenvalue weighted by Gasteiger charge is -2.28. The first-order valence-corrected chi connectivity index (χ1v) is 12.5. The molecule has 33 heavy (non-hydrogen) atoms. The van der Waals surface area contributed by atoms with Gasteiger partial charge in [0, 0.05) is 14.1 Å². The number of anilines is 1. The summed E-state index contributed by atoms with van der Waals surface area (Å²) in [5.74, 6) is 0. The number of nitrogens with zero attached hydrogens (tertiary/aromatic N) is 2. The standard InChI is InChI=1S/C27H26N2O2P.BrH/c1-28(2)26-20-12-13-22(27(26)29(30)31)21-32(23-14-6-3-7-15-23,24-16-8-4-9-17-24)25-18-10-5-11-19-25;/h3-20H,21H2,1-2H3;1H/q+1;/p-1. The van der Waals surface area contributed by atoms with Crippen molar-refractivity contribution in [3.63, 3.8) is 0 Å². The van der Waals surface area contributed by atoms with Gasteiger partial charge in [-0.2, -0.15) is 0 Å². The number of hydrogen-bond acceptors (Lipinski definition) is 3. The van der Waals surface area contributed by atoms with Crippen LogP contribution in [0.25, 0.3) is 0 Å². The van der Waals surface area contributed by atoms with Crippen molar-refractivity contribution in [3.05, 3.63) is 125 Å². The highest BCUT2D eigenvalue weighted by atomic mass is 79.9. The van der Waals surface area contributed by atoms with E-state index in [4.69, 9.17) is 0 Å². The number of nitro benzene ring substituents is 1. The zero-order valence-corrected chi connectivity index (χ0v) is 21.1. The van der Waals surface area contributed by atoms with E-state index in [9.17, 15) is 10.1 Å². The number of hydrogen-bond donors (Lipinski definition) is 0. The van der Waals surface area contributed by atoms with Crippen LogP contribution in [0.1, 0.15) is 5.56 Å². The minimum atomic E-state index is -2.21. The summed E-state index contributed by atoms with van der Waals surface area (Å²) in [4.78, 5) is 13.8. The smallest absolute Gasteiger partial charge is 0.299 e. The second-order valence-electron chi connectivity index (χ2n) is 7.91. The summed E-state index contributed by atoms with van der Waals surface area (Å²) < 4.78 is 0. The van der Waals surface area contributed by atoms with Gasteiger partial charge in [0.05, 0.1) is 10.5 Å². The molecule has 0 radical (unpaired) electrons. The van der Waals surface area contributed by atoms with Crippen LogP contribution >= 0.6 is 7.26 Å². The van der Waals surface area contributed by atoms with E-state index in [1.807, 2.05) is 55.4 Å². The molecule has 0 bridgehead atoms. The molecule has 4 rings (SSSR count). The van der Waals surface area contributed by atoms with E-state index < -0.39 is 7.26 Å². The molecule has 0 fully saturated rings. The predicted octanol–water partition coefficient (Wildman–Crippen LogP) is 2.16. The summed E-state index contributed by atoms with van der Waals surface area (Å²) in [7, 11) is 1.48. The molecule has 0 heterocycles. The van der Waals surface area contributed by atoms with Gasteiger partial charge in [0.2, 0.25) is 0 Å². The van der Waals surface area contributed by atoms with Gasteiger partial charge < -0.3 is 21.9 Å². The van der Waals surface area contributed by atoms with E-state index >= 15 is 0 Å². The molecule has 0 aliphatic heterocycles. The third-order valence-electron chi connectivity index (χ3n) is 5.76. The number of benzene rings is 4. The summed E-state index contributed by atoms with van der Waals surface area (Å²) in [6, 6.07) is 37.0. The lowest BCUT2D eigenvalue weighted by molar-refractivity contribution is -0.384. The Morgan fingerprint density at radius 1 is 0.697 bits per heavy atom. The van der Waals surface area contributed by atoms with Crippen LogP contribution in [0.4, 0.5) is 11.4 Å². The SMILES string of the molecule is CN(C)c1cccc(C[P+](c2ccccc2)(c2ccccc2)c2ccccc2)c1[N+](=O)[O-].[Br-]. The van der Waals surface area contributed by atoms with Crippen molar-refractivity contribution in [2.75, 3.05) is 19.0 Å². The van der Waals surface area contributed by atoms with Crippen LogP contribution in [0, 0.1) is 10.1 Å². The van der Waals surface area contributed by atoms with Crippen molar-refractivity contribution >= 4 is 34.6 Å². The molecule has 4 aromatic rings. The molecule has 168 valence electrons. The number of halogens is 1. The Hall–Kier alpha value is -3.01. The van der Waals surface area contributed by atoms with E-state index in [0.717, 1.165) is 5.56 Å². The molecule has 0 aliphatic carbocycles. The molecular formula is C27H26BrN2O2P. The van der Waals surface area contributed by atoms with E-state index in [1.165, 1.54) is 15.9 Å². The van der Waals surface area contributed by atoms with Crippen LogP contribution in [0.5, 0.6) is 0 Å². The van der Waals surface area contributed by atoms with Gasteiger partial charge in [-0.1, -0.05) is 60.7 Å². The van der Waals surface area contributed by atoms with Gasteiger partial charge in [-0.25, -0.2) is 0 Å². The summed E-state index contributed by atoms with van der Waals surface area (Å²) in [5, 5.41) is 15.9. The topological polar surface area (TPSA) is 46.4 Å². The van der Waals surface area contributed by atoms with E-state index in [-0.39, 0.29) is 27.6 Å². The van der Waals surface area contributed by atoms with Gasteiger partial charge in [-0.3, -0.25) is 10.1 Å². The second-order valence-corrected chi connectivity index (χ2v) is 11.4. The minimum Gasteiger partial charge on any atom is -1.00 e. The molecule has 0 saturated carbocycles. The van der Waals surface area contributed by atoms with Crippen LogP contribution in [-0.2, 0) is 6.16 Å². The van der Waals surface area contributed by atoms with Crippen molar-refractivity contribution in [1.82, 2.24) is 0 Å². The van der Waals surface area contributed by atoms with E-state index in [0.29, 0.717) is 11.8 Å². The maximum atomic E-state index is 12.2. The maximum Gasteiger partial charge on any atom is 0.299 e. The van der Waals surface area contributed by atoms with Crippen LogP contribution in [0.3, 0.4) is 0 Å². The monoisotopic (exact) mass is 520 g/mol. The van der Waals surface area contributed by atoms with Crippen LogP contribution in [0.2, 0.25) is 0 Å². The summed E-state index contributed by atoms with van der Waals surface area (Å²) in [5.41, 5.74) is 1.57. The van der Waals surface area contributed by atoms with Gasteiger partial charge in [-0.05, 0) is 48.5 Å². The Labute approximate surface area is 206 Å². The predicted molar refractivity (Wildman–Crippen MR) is 136 cm³/mol. The van der Waals surface area contributed by atoms with Crippen molar-refractivity contribution in [2.24, 2.45) is 0 Å². The zero-order valence-electron chi connectivity index (χ0n) is 18.6. The normalized spacial score (nSPS) is 10.8. The van der Waals surface area contributed by atoms with E-state index in [1.54, 1.807) is 0 Å². The summed E-state index contributed by atoms with van der Waals surface area (Å²) in [6.07, 6.45) is 0.572. The molecule has 4 nitrogen and oxygen atoms in total. The largest absolute Gasteiger partial charge is 1.00 e. The van der Waals surface area contributed by atoms with Crippen molar-refractivity contribution in [1.29, 1.82) is 0 Å². The highest BCUT2D eigenvalue weighted by molar-refractivity contribution is 7.95. The van der Waals surface area contributed by atoms with Crippen LogP contribution < -0.4 is 37.8 Å². The Morgan fingerprint density at radius 2 is 1.12 bits per heavy atom. The van der Waals surface area contributed by atoms with Gasteiger partial charge in [-0.15, -0.1) is 0 Å². The number of rotatable bonds is 7. The third-order valence-corrected chi connectivity index (χ3v) is 10.1. The molecule has 0 atom stereocenters. The first kappa shape index (κ1) is 24.6. The maximum absolute atomic E-state index is 12.2. The zero-order chi connectivity index (χ0) is 22.6. The second kappa shape index (κ2) is 10.7. The quantitative estimate of drug-likeness (QED) is 0.213. The average molecular weight is 521 g/mol. The van der Waals surface area contributed by atoms with Gasteiger partial charge in [0.1, 0.15) is 35.0 Å². The third kappa shape index (κ3) is 4.85.